The Kier molecular flexibility index (Phi) is 4.40. The smallest absolute Gasteiger partial charge is 0.135 e. The van der Waals surface area contributed by atoms with Crippen molar-refractivity contribution in [2.45, 2.75) is 19.4 Å². The number of hydrogen-bond donors (Lipinski definition) is 0. The van der Waals surface area contributed by atoms with E-state index in [4.69, 9.17) is 0 Å². The predicted octanol–water partition coefficient (Wildman–Crippen LogP) is 0.779. The molecular weight excluding hydrogens is 252 g/mol. The van der Waals surface area contributed by atoms with Gasteiger partial charge in [-0.2, -0.15) is 0 Å². The quantitative estimate of drug-likeness (QED) is 0.814. The molecule has 0 radical (unpaired) electrons. The van der Waals surface area contributed by atoms with Crippen LogP contribution in [0.5, 0.6) is 0 Å². The highest BCUT2D eigenvalue weighted by molar-refractivity contribution is 5.79. The lowest BCUT2D eigenvalue weighted by Crippen LogP contribution is -2.55. The molecule has 2 saturated heterocycles. The van der Waals surface area contributed by atoms with Crippen LogP contribution in [0, 0.1) is 0 Å². The lowest BCUT2D eigenvalue weighted by atomic mass is 10.1. The average molecular weight is 274 g/mol. The predicted molar refractivity (Wildman–Crippen MR) is 76.9 cm³/mol. The number of carbonyl (C=O) groups excluding carboxylic acids is 1. The third kappa shape index (κ3) is 3.42. The third-order valence-electron chi connectivity index (χ3n) is 4.16. The summed E-state index contributed by atoms with van der Waals surface area (Å²) in [7, 11) is 0. The molecule has 3 heterocycles. The number of piperazine rings is 1. The van der Waals surface area contributed by atoms with Crippen molar-refractivity contribution in [2.24, 2.45) is 0 Å². The van der Waals surface area contributed by atoms with Crippen LogP contribution in [-0.4, -0.2) is 65.0 Å². The van der Waals surface area contributed by atoms with Gasteiger partial charge in [0.1, 0.15) is 5.78 Å². The molecule has 0 bridgehead atoms. The van der Waals surface area contributed by atoms with Gasteiger partial charge in [-0.25, -0.2) is 10.0 Å². The minimum absolute atomic E-state index is 0.412. The van der Waals surface area contributed by atoms with Gasteiger partial charge in [0.2, 0.25) is 0 Å². The number of hydrazine groups is 1. The van der Waals surface area contributed by atoms with Gasteiger partial charge in [-0.3, -0.25) is 14.7 Å². The van der Waals surface area contributed by atoms with Crippen molar-refractivity contribution in [2.75, 3.05) is 39.3 Å². The summed E-state index contributed by atoms with van der Waals surface area (Å²) in [6.07, 6.45) is 3.29. The second-order valence-corrected chi connectivity index (χ2v) is 5.54. The van der Waals surface area contributed by atoms with Gasteiger partial charge < -0.3 is 0 Å². The molecule has 0 amide bonds. The van der Waals surface area contributed by atoms with Crippen LogP contribution < -0.4 is 0 Å². The number of rotatable bonds is 3. The molecule has 0 saturated carbocycles. The molecule has 1 aromatic heterocycles. The fraction of sp³-hybridized carbons (Fsp3) is 0.600. The molecule has 20 heavy (non-hydrogen) atoms. The second-order valence-electron chi connectivity index (χ2n) is 5.54. The van der Waals surface area contributed by atoms with E-state index in [0.29, 0.717) is 18.6 Å². The SMILES string of the molecule is O=C1CCN(N2CCN(Cc3ccccn3)CC2)CC1. The van der Waals surface area contributed by atoms with E-state index < -0.39 is 0 Å². The Bertz CT molecular complexity index is 432. The third-order valence-corrected chi connectivity index (χ3v) is 4.16. The number of Topliss-reactive ketones (excluding diaryl/α,β-unsaturated/α-hetero) is 1. The lowest BCUT2D eigenvalue weighted by Gasteiger charge is -2.42. The molecule has 108 valence electrons. The van der Waals surface area contributed by atoms with Gasteiger partial charge in [0, 0.05) is 64.9 Å². The van der Waals surface area contributed by atoms with Crippen molar-refractivity contribution in [1.82, 2.24) is 19.9 Å². The minimum Gasteiger partial charge on any atom is -0.300 e. The van der Waals surface area contributed by atoms with Gasteiger partial charge in [0.25, 0.3) is 0 Å². The molecule has 0 aromatic carbocycles. The topological polar surface area (TPSA) is 39.7 Å². The summed E-state index contributed by atoms with van der Waals surface area (Å²) in [6.45, 7) is 7.00. The van der Waals surface area contributed by atoms with Crippen molar-refractivity contribution >= 4 is 5.78 Å². The molecule has 0 aliphatic carbocycles. The zero-order valence-electron chi connectivity index (χ0n) is 11.9. The summed E-state index contributed by atoms with van der Waals surface area (Å²) in [6, 6.07) is 6.09. The van der Waals surface area contributed by atoms with E-state index in [1.54, 1.807) is 0 Å². The number of hydrogen-bond acceptors (Lipinski definition) is 5. The van der Waals surface area contributed by atoms with E-state index in [1.807, 2.05) is 18.3 Å². The summed E-state index contributed by atoms with van der Waals surface area (Å²) in [5.74, 6) is 0.412. The molecule has 0 spiro atoms. The van der Waals surface area contributed by atoms with Crippen molar-refractivity contribution in [3.8, 4) is 0 Å². The van der Waals surface area contributed by atoms with Gasteiger partial charge in [0.15, 0.2) is 0 Å². The van der Waals surface area contributed by atoms with Gasteiger partial charge in [-0.05, 0) is 12.1 Å². The summed E-state index contributed by atoms with van der Waals surface area (Å²) >= 11 is 0. The Labute approximate surface area is 120 Å². The Balaban J connectivity index is 1.46. The van der Waals surface area contributed by atoms with Gasteiger partial charge >= 0.3 is 0 Å². The molecule has 0 N–H and O–H groups in total. The highest BCUT2D eigenvalue weighted by atomic mass is 16.1. The van der Waals surface area contributed by atoms with Crippen LogP contribution in [0.3, 0.4) is 0 Å². The van der Waals surface area contributed by atoms with Crippen LogP contribution in [0.2, 0.25) is 0 Å². The van der Waals surface area contributed by atoms with Crippen molar-refractivity contribution in [3.63, 3.8) is 0 Å². The number of pyridine rings is 1. The highest BCUT2D eigenvalue weighted by Crippen LogP contribution is 2.13. The number of aromatic nitrogens is 1. The Hall–Kier alpha value is -1.30. The van der Waals surface area contributed by atoms with Crippen LogP contribution in [0.25, 0.3) is 0 Å². The molecule has 1 aromatic rings. The van der Waals surface area contributed by atoms with Crippen LogP contribution in [0.4, 0.5) is 0 Å². The normalized spacial score (nSPS) is 23.1. The largest absolute Gasteiger partial charge is 0.300 e. The maximum atomic E-state index is 11.3. The van der Waals surface area contributed by atoms with E-state index in [2.05, 4.69) is 26.0 Å². The Morgan fingerprint density at radius 3 is 2.30 bits per heavy atom. The molecule has 0 atom stereocenters. The summed E-state index contributed by atoms with van der Waals surface area (Å²) in [4.78, 5) is 18.1. The van der Waals surface area contributed by atoms with Crippen LogP contribution in [-0.2, 0) is 11.3 Å². The lowest BCUT2D eigenvalue weighted by molar-refractivity contribution is -0.129. The number of piperidine rings is 1. The first-order valence-electron chi connectivity index (χ1n) is 7.45. The fourth-order valence-corrected chi connectivity index (χ4v) is 2.93. The molecule has 3 rings (SSSR count). The van der Waals surface area contributed by atoms with E-state index in [0.717, 1.165) is 51.5 Å². The molecule has 0 unspecified atom stereocenters. The zero-order chi connectivity index (χ0) is 13.8. The van der Waals surface area contributed by atoms with E-state index in [-0.39, 0.29) is 0 Å². The maximum absolute atomic E-state index is 11.3. The highest BCUT2D eigenvalue weighted by Gasteiger charge is 2.25. The van der Waals surface area contributed by atoms with E-state index >= 15 is 0 Å². The first kappa shape index (κ1) is 13.7. The summed E-state index contributed by atoms with van der Waals surface area (Å²) in [5, 5.41) is 4.78. The molecule has 2 fully saturated rings. The van der Waals surface area contributed by atoms with Crippen molar-refractivity contribution < 1.29 is 4.79 Å². The first-order chi connectivity index (χ1) is 9.81. The zero-order valence-corrected chi connectivity index (χ0v) is 11.9. The molecule has 2 aliphatic rings. The van der Waals surface area contributed by atoms with E-state index in [9.17, 15) is 4.79 Å². The Morgan fingerprint density at radius 2 is 1.65 bits per heavy atom. The summed E-state index contributed by atoms with van der Waals surface area (Å²) < 4.78 is 0. The number of nitrogens with zero attached hydrogens (tertiary/aromatic N) is 4. The maximum Gasteiger partial charge on any atom is 0.135 e. The fourth-order valence-electron chi connectivity index (χ4n) is 2.93. The first-order valence-corrected chi connectivity index (χ1v) is 7.45. The van der Waals surface area contributed by atoms with Crippen molar-refractivity contribution in [3.05, 3.63) is 30.1 Å². The average Bonchev–Trinajstić information content (AvgIpc) is 2.50. The second kappa shape index (κ2) is 6.43. The molecule has 5 heteroatoms. The van der Waals surface area contributed by atoms with Crippen LogP contribution in [0.15, 0.2) is 24.4 Å². The van der Waals surface area contributed by atoms with Gasteiger partial charge in [-0.15, -0.1) is 0 Å². The monoisotopic (exact) mass is 274 g/mol. The molecular formula is C15H22N4O. The van der Waals surface area contributed by atoms with Crippen molar-refractivity contribution in [1.29, 1.82) is 0 Å². The summed E-state index contributed by atoms with van der Waals surface area (Å²) in [5.41, 5.74) is 1.14. The van der Waals surface area contributed by atoms with Gasteiger partial charge in [0.05, 0.1) is 5.69 Å². The molecule has 2 aliphatic heterocycles. The van der Waals surface area contributed by atoms with E-state index in [1.165, 1.54) is 0 Å². The van der Waals surface area contributed by atoms with Crippen LogP contribution >= 0.6 is 0 Å². The Morgan fingerprint density at radius 1 is 0.950 bits per heavy atom. The molecule has 5 nitrogen and oxygen atoms in total. The van der Waals surface area contributed by atoms with Gasteiger partial charge in [-0.1, -0.05) is 6.07 Å². The minimum atomic E-state index is 0.412. The standard InChI is InChI=1S/C15H22N4O/c20-15-4-7-18(8-5-15)19-11-9-17(10-12-19)13-14-3-1-2-6-16-14/h1-3,6H,4-5,7-13H2. The van der Waals surface area contributed by atoms with Crippen LogP contribution in [0.1, 0.15) is 18.5 Å². The number of carbonyl (C=O) groups is 1. The number of ketones is 1.